The summed E-state index contributed by atoms with van der Waals surface area (Å²) >= 11 is 0. The largest absolute Gasteiger partial charge is 0.494 e. The Morgan fingerprint density at radius 2 is 2.00 bits per heavy atom. The van der Waals surface area contributed by atoms with Crippen LogP contribution in [0.4, 0.5) is 5.69 Å². The highest BCUT2D eigenvalue weighted by Gasteiger charge is 2.09. The summed E-state index contributed by atoms with van der Waals surface area (Å²) in [6.45, 7) is 4.61. The lowest BCUT2D eigenvalue weighted by molar-refractivity contribution is -0.121. The molecule has 1 atom stereocenters. The van der Waals surface area contributed by atoms with Crippen LogP contribution in [-0.2, 0) is 4.79 Å². The molecule has 0 heterocycles. The monoisotopic (exact) mass is 236 g/mol. The molecule has 94 valence electrons. The van der Waals surface area contributed by atoms with Crippen molar-refractivity contribution < 1.29 is 9.53 Å². The second-order valence-corrected chi connectivity index (χ2v) is 3.85. The van der Waals surface area contributed by atoms with Crippen LogP contribution in [-0.4, -0.2) is 25.6 Å². The zero-order chi connectivity index (χ0) is 12.7. The van der Waals surface area contributed by atoms with Gasteiger partial charge < -0.3 is 15.4 Å². The molecule has 0 saturated carbocycles. The van der Waals surface area contributed by atoms with Gasteiger partial charge in [-0.25, -0.2) is 0 Å². The Morgan fingerprint density at radius 3 is 2.53 bits per heavy atom. The number of hydrogen-bond acceptors (Lipinski definition) is 3. The summed E-state index contributed by atoms with van der Waals surface area (Å²) in [4.78, 5) is 11.3. The number of anilines is 1. The minimum atomic E-state index is -0.248. The summed E-state index contributed by atoms with van der Waals surface area (Å²) in [5, 5.41) is 5.71. The summed E-state index contributed by atoms with van der Waals surface area (Å²) < 4.78 is 5.48. The van der Waals surface area contributed by atoms with Gasteiger partial charge >= 0.3 is 0 Å². The Labute approximate surface area is 102 Å². The maximum absolute atomic E-state index is 11.3. The highest BCUT2D eigenvalue weighted by atomic mass is 16.5. The first-order chi connectivity index (χ1) is 8.17. The van der Waals surface area contributed by atoms with Crippen LogP contribution in [0.2, 0.25) is 0 Å². The first-order valence-corrected chi connectivity index (χ1v) is 5.88. The fourth-order valence-corrected chi connectivity index (χ4v) is 1.40. The number of likely N-dealkylation sites (N-methyl/N-ethyl adjacent to an activating group) is 1. The van der Waals surface area contributed by atoms with Gasteiger partial charge in [-0.05, 0) is 37.6 Å². The van der Waals surface area contributed by atoms with Crippen molar-refractivity contribution in [2.45, 2.75) is 26.3 Å². The Hall–Kier alpha value is -1.71. The van der Waals surface area contributed by atoms with Gasteiger partial charge in [0.1, 0.15) is 11.8 Å². The van der Waals surface area contributed by atoms with E-state index in [1.807, 2.05) is 31.2 Å². The van der Waals surface area contributed by atoms with Crippen molar-refractivity contribution in [3.63, 3.8) is 0 Å². The molecule has 1 aromatic rings. The van der Waals surface area contributed by atoms with Crippen molar-refractivity contribution in [2.75, 3.05) is 19.0 Å². The van der Waals surface area contributed by atoms with E-state index in [1.54, 1.807) is 7.05 Å². The zero-order valence-corrected chi connectivity index (χ0v) is 10.6. The zero-order valence-electron chi connectivity index (χ0n) is 10.6. The second kappa shape index (κ2) is 6.78. The molecule has 0 aliphatic carbocycles. The SMILES string of the molecule is CCCOc1ccc(NC(C)C(=O)NC)cc1. The molecule has 1 amide bonds. The minimum Gasteiger partial charge on any atom is -0.494 e. The molecule has 0 bridgehead atoms. The van der Waals surface area contributed by atoms with Gasteiger partial charge in [0.25, 0.3) is 0 Å². The Morgan fingerprint density at radius 1 is 1.35 bits per heavy atom. The van der Waals surface area contributed by atoms with Gasteiger partial charge in [-0.2, -0.15) is 0 Å². The molecule has 0 radical (unpaired) electrons. The molecule has 4 nitrogen and oxygen atoms in total. The third-order valence-electron chi connectivity index (χ3n) is 2.35. The summed E-state index contributed by atoms with van der Waals surface area (Å²) in [5.41, 5.74) is 0.907. The van der Waals surface area contributed by atoms with E-state index in [4.69, 9.17) is 4.74 Å². The van der Waals surface area contributed by atoms with E-state index in [1.165, 1.54) is 0 Å². The summed E-state index contributed by atoms with van der Waals surface area (Å²) in [6, 6.07) is 7.36. The third kappa shape index (κ3) is 4.34. The predicted octanol–water partition coefficient (Wildman–Crippen LogP) is 2.02. The number of carbonyl (C=O) groups excluding carboxylic acids is 1. The van der Waals surface area contributed by atoms with Crippen molar-refractivity contribution in [1.29, 1.82) is 0 Å². The van der Waals surface area contributed by atoms with Gasteiger partial charge in [-0.3, -0.25) is 4.79 Å². The molecule has 1 unspecified atom stereocenters. The summed E-state index contributed by atoms with van der Waals surface area (Å²) in [6.07, 6.45) is 0.994. The van der Waals surface area contributed by atoms with Crippen LogP contribution in [0.5, 0.6) is 5.75 Å². The maximum Gasteiger partial charge on any atom is 0.241 e. The molecule has 0 aliphatic heterocycles. The number of carbonyl (C=O) groups is 1. The topological polar surface area (TPSA) is 50.4 Å². The average molecular weight is 236 g/mol. The molecule has 1 aromatic carbocycles. The summed E-state index contributed by atoms with van der Waals surface area (Å²) in [7, 11) is 1.63. The number of rotatable bonds is 6. The minimum absolute atomic E-state index is 0.0312. The molecule has 0 aliphatic rings. The van der Waals surface area contributed by atoms with Crippen molar-refractivity contribution in [2.24, 2.45) is 0 Å². The smallest absolute Gasteiger partial charge is 0.241 e. The molecule has 2 N–H and O–H groups in total. The number of hydrogen-bond donors (Lipinski definition) is 2. The van der Waals surface area contributed by atoms with Crippen molar-refractivity contribution >= 4 is 11.6 Å². The van der Waals surface area contributed by atoms with Gasteiger partial charge in [-0.15, -0.1) is 0 Å². The van der Waals surface area contributed by atoms with Gasteiger partial charge in [-0.1, -0.05) is 6.92 Å². The quantitative estimate of drug-likeness (QED) is 0.794. The van der Waals surface area contributed by atoms with Crippen LogP contribution in [0.3, 0.4) is 0 Å². The molecule has 4 heteroatoms. The number of benzene rings is 1. The highest BCUT2D eigenvalue weighted by molar-refractivity contribution is 5.83. The highest BCUT2D eigenvalue weighted by Crippen LogP contribution is 2.16. The fraction of sp³-hybridized carbons (Fsp3) is 0.462. The Bertz CT molecular complexity index is 349. The lowest BCUT2D eigenvalue weighted by atomic mass is 10.2. The van der Waals surface area contributed by atoms with E-state index in [0.717, 1.165) is 24.5 Å². The van der Waals surface area contributed by atoms with E-state index in [0.29, 0.717) is 0 Å². The maximum atomic E-state index is 11.3. The average Bonchev–Trinajstić information content (AvgIpc) is 2.37. The second-order valence-electron chi connectivity index (χ2n) is 3.85. The predicted molar refractivity (Wildman–Crippen MR) is 69.4 cm³/mol. The van der Waals surface area contributed by atoms with Crippen LogP contribution >= 0.6 is 0 Å². The van der Waals surface area contributed by atoms with Gasteiger partial charge in [0.2, 0.25) is 5.91 Å². The lowest BCUT2D eigenvalue weighted by Gasteiger charge is -2.14. The number of nitrogens with one attached hydrogen (secondary N) is 2. The number of ether oxygens (including phenoxy) is 1. The van der Waals surface area contributed by atoms with E-state index < -0.39 is 0 Å². The van der Waals surface area contributed by atoms with Gasteiger partial charge in [0, 0.05) is 12.7 Å². The molecule has 0 aromatic heterocycles. The molecular formula is C13H20N2O2. The standard InChI is InChI=1S/C13H20N2O2/c1-4-9-17-12-7-5-11(6-8-12)15-10(2)13(16)14-3/h5-8,10,15H,4,9H2,1-3H3,(H,14,16). The first kappa shape index (κ1) is 13.4. The van der Waals surface area contributed by atoms with Gasteiger partial charge in [0.15, 0.2) is 0 Å². The normalized spacial score (nSPS) is 11.7. The van der Waals surface area contributed by atoms with E-state index in [-0.39, 0.29) is 11.9 Å². The molecule has 1 rings (SSSR count). The van der Waals surface area contributed by atoms with E-state index >= 15 is 0 Å². The van der Waals surface area contributed by atoms with Crippen LogP contribution in [0.1, 0.15) is 20.3 Å². The van der Waals surface area contributed by atoms with Gasteiger partial charge in [0.05, 0.1) is 6.61 Å². The summed E-state index contributed by atoms with van der Waals surface area (Å²) in [5.74, 6) is 0.821. The van der Waals surface area contributed by atoms with Crippen molar-refractivity contribution in [3.8, 4) is 5.75 Å². The number of amides is 1. The Kier molecular flexibility index (Phi) is 5.33. The van der Waals surface area contributed by atoms with Crippen LogP contribution in [0, 0.1) is 0 Å². The molecule has 0 saturated heterocycles. The van der Waals surface area contributed by atoms with Crippen molar-refractivity contribution in [1.82, 2.24) is 5.32 Å². The molecule has 0 fully saturated rings. The lowest BCUT2D eigenvalue weighted by Crippen LogP contribution is -2.35. The Balaban J connectivity index is 2.53. The van der Waals surface area contributed by atoms with Crippen LogP contribution in [0.25, 0.3) is 0 Å². The molecule has 17 heavy (non-hydrogen) atoms. The van der Waals surface area contributed by atoms with Crippen LogP contribution in [0.15, 0.2) is 24.3 Å². The van der Waals surface area contributed by atoms with E-state index in [9.17, 15) is 4.79 Å². The fourth-order valence-electron chi connectivity index (χ4n) is 1.40. The molecule has 0 spiro atoms. The van der Waals surface area contributed by atoms with Crippen molar-refractivity contribution in [3.05, 3.63) is 24.3 Å². The van der Waals surface area contributed by atoms with Crippen LogP contribution < -0.4 is 15.4 Å². The first-order valence-electron chi connectivity index (χ1n) is 5.88. The molecular weight excluding hydrogens is 216 g/mol. The van der Waals surface area contributed by atoms with E-state index in [2.05, 4.69) is 17.6 Å². The third-order valence-corrected chi connectivity index (χ3v) is 2.35.